The highest BCUT2D eigenvalue weighted by atomic mass is 35.5. The van der Waals surface area contributed by atoms with Crippen LogP contribution in [0.25, 0.3) is 33.9 Å². The summed E-state index contributed by atoms with van der Waals surface area (Å²) in [6.07, 6.45) is 0. The Morgan fingerprint density at radius 3 is 1.78 bits per heavy atom. The van der Waals surface area contributed by atoms with Gasteiger partial charge in [0.15, 0.2) is 0 Å². The van der Waals surface area contributed by atoms with Crippen molar-refractivity contribution in [2.24, 2.45) is 0 Å². The lowest BCUT2D eigenvalue weighted by molar-refractivity contribution is 0.585. The van der Waals surface area contributed by atoms with Crippen LogP contribution in [0, 0.1) is 11.6 Å². The van der Waals surface area contributed by atoms with Crippen LogP contribution in [0.4, 0.5) is 8.78 Å². The summed E-state index contributed by atoms with van der Waals surface area (Å²) in [4.78, 5) is 0. The quantitative estimate of drug-likeness (QED) is 0.490. The molecule has 4 rings (SSSR count). The molecule has 0 aliphatic rings. The Morgan fingerprint density at radius 1 is 0.593 bits per heavy atom. The third-order valence-electron chi connectivity index (χ3n) is 3.97. The van der Waals surface area contributed by atoms with Gasteiger partial charge in [-0.2, -0.15) is 0 Å². The number of nitrogens with zero attached hydrogens (tertiary/aromatic N) is 4. The molecule has 1 aromatic heterocycles. The van der Waals surface area contributed by atoms with Crippen LogP contribution in [0.3, 0.4) is 0 Å². The predicted molar refractivity (Wildman–Crippen MR) is 98.9 cm³/mol. The zero-order valence-electron chi connectivity index (χ0n) is 13.8. The number of halogens is 3. The van der Waals surface area contributed by atoms with Crippen molar-refractivity contribution in [3.8, 4) is 33.9 Å². The van der Waals surface area contributed by atoms with Gasteiger partial charge in [-0.15, -0.1) is 20.4 Å². The first-order valence-corrected chi connectivity index (χ1v) is 8.38. The van der Waals surface area contributed by atoms with Crippen molar-refractivity contribution in [2.45, 2.75) is 0 Å². The van der Waals surface area contributed by atoms with E-state index in [1.165, 1.54) is 6.07 Å². The summed E-state index contributed by atoms with van der Waals surface area (Å²) in [6.45, 7) is 0. The second-order valence-corrected chi connectivity index (χ2v) is 6.17. The average Bonchev–Trinajstić information content (AvgIpc) is 2.69. The largest absolute Gasteiger partial charge is 0.209 e. The molecule has 1 heterocycles. The first-order valence-electron chi connectivity index (χ1n) is 8.00. The van der Waals surface area contributed by atoms with Gasteiger partial charge in [0.1, 0.15) is 11.6 Å². The van der Waals surface area contributed by atoms with E-state index < -0.39 is 11.6 Å². The highest BCUT2D eigenvalue weighted by Crippen LogP contribution is 2.26. The van der Waals surface area contributed by atoms with Gasteiger partial charge >= 0.3 is 0 Å². The van der Waals surface area contributed by atoms with Gasteiger partial charge in [-0.05, 0) is 35.4 Å². The smallest absolute Gasteiger partial charge is 0.206 e. The highest BCUT2D eigenvalue weighted by molar-refractivity contribution is 6.30. The van der Waals surface area contributed by atoms with E-state index in [9.17, 15) is 8.78 Å². The van der Waals surface area contributed by atoms with Gasteiger partial charge in [-0.25, -0.2) is 8.78 Å². The lowest BCUT2D eigenvalue weighted by Crippen LogP contribution is -2.02. The second-order valence-electron chi connectivity index (χ2n) is 5.73. The van der Waals surface area contributed by atoms with Crippen molar-refractivity contribution in [1.82, 2.24) is 20.4 Å². The Bertz CT molecular complexity index is 1080. The lowest BCUT2D eigenvalue weighted by atomic mass is 10.0. The van der Waals surface area contributed by atoms with Crippen LogP contribution in [-0.4, -0.2) is 20.4 Å². The molecule has 0 bridgehead atoms. The molecule has 27 heavy (non-hydrogen) atoms. The van der Waals surface area contributed by atoms with Gasteiger partial charge in [0.05, 0.1) is 5.56 Å². The molecular formula is C20H11ClF2N4. The molecule has 0 aliphatic carbocycles. The monoisotopic (exact) mass is 380 g/mol. The summed E-state index contributed by atoms with van der Waals surface area (Å²) in [5.74, 6) is -1.48. The van der Waals surface area contributed by atoms with Crippen LogP contribution in [0.15, 0.2) is 66.7 Å². The molecule has 7 heteroatoms. The normalized spacial score (nSPS) is 10.8. The summed E-state index contributed by atoms with van der Waals surface area (Å²) >= 11 is 6.02. The fraction of sp³-hybridized carbons (Fsp3) is 0. The van der Waals surface area contributed by atoms with E-state index in [4.69, 9.17) is 11.6 Å². The van der Waals surface area contributed by atoms with Gasteiger partial charge in [0.25, 0.3) is 0 Å². The lowest BCUT2D eigenvalue weighted by Gasteiger charge is -2.05. The molecule has 0 radical (unpaired) electrons. The van der Waals surface area contributed by atoms with Gasteiger partial charge in [-0.1, -0.05) is 54.1 Å². The molecule has 4 nitrogen and oxygen atoms in total. The first kappa shape index (κ1) is 17.2. The third-order valence-corrected chi connectivity index (χ3v) is 4.20. The molecule has 132 valence electrons. The Labute approximate surface area is 158 Å². The van der Waals surface area contributed by atoms with Crippen LogP contribution in [-0.2, 0) is 0 Å². The fourth-order valence-corrected chi connectivity index (χ4v) is 2.83. The van der Waals surface area contributed by atoms with Crippen molar-refractivity contribution in [3.63, 3.8) is 0 Å². The van der Waals surface area contributed by atoms with Crippen molar-refractivity contribution in [1.29, 1.82) is 0 Å². The standard InChI is InChI=1S/C20H11ClF2N4/c21-15-4-1-3-14(11-15)12-7-9-13(10-8-12)19-24-26-20(27-25-19)18-16(22)5-2-6-17(18)23/h1-11H. The van der Waals surface area contributed by atoms with E-state index in [1.54, 1.807) is 0 Å². The molecule has 0 spiro atoms. The maximum absolute atomic E-state index is 13.8. The maximum Gasteiger partial charge on any atom is 0.209 e. The number of benzene rings is 3. The van der Waals surface area contributed by atoms with Crippen molar-refractivity contribution in [2.75, 3.05) is 0 Å². The molecule has 0 unspecified atom stereocenters. The Balaban J connectivity index is 1.63. The summed E-state index contributed by atoms with van der Waals surface area (Å²) < 4.78 is 27.6. The van der Waals surface area contributed by atoms with Gasteiger partial charge < -0.3 is 0 Å². The van der Waals surface area contributed by atoms with Crippen LogP contribution in [0.2, 0.25) is 5.02 Å². The van der Waals surface area contributed by atoms with Crippen molar-refractivity contribution in [3.05, 3.63) is 83.4 Å². The first-order chi connectivity index (χ1) is 13.1. The molecular weight excluding hydrogens is 370 g/mol. The van der Waals surface area contributed by atoms with E-state index in [2.05, 4.69) is 20.4 Å². The Kier molecular flexibility index (Phi) is 4.56. The molecule has 3 aromatic carbocycles. The minimum atomic E-state index is -0.766. The SMILES string of the molecule is Fc1cccc(F)c1-c1nnc(-c2ccc(-c3cccc(Cl)c3)cc2)nn1. The molecule has 0 N–H and O–H groups in total. The predicted octanol–water partition coefficient (Wildman–Crippen LogP) is 5.20. The number of hydrogen-bond donors (Lipinski definition) is 0. The van der Waals surface area contributed by atoms with Crippen molar-refractivity contribution >= 4 is 11.6 Å². The van der Waals surface area contributed by atoms with Gasteiger partial charge in [0.2, 0.25) is 11.6 Å². The van der Waals surface area contributed by atoms with Crippen LogP contribution < -0.4 is 0 Å². The van der Waals surface area contributed by atoms with E-state index in [0.717, 1.165) is 23.3 Å². The average molecular weight is 381 g/mol. The van der Waals surface area contributed by atoms with Gasteiger partial charge in [-0.3, -0.25) is 0 Å². The number of rotatable bonds is 3. The van der Waals surface area contributed by atoms with Crippen LogP contribution in [0.1, 0.15) is 0 Å². The van der Waals surface area contributed by atoms with Crippen molar-refractivity contribution < 1.29 is 8.78 Å². The highest BCUT2D eigenvalue weighted by Gasteiger charge is 2.15. The molecule has 0 atom stereocenters. The van der Waals surface area contributed by atoms with E-state index in [0.29, 0.717) is 10.6 Å². The number of hydrogen-bond acceptors (Lipinski definition) is 4. The zero-order valence-corrected chi connectivity index (χ0v) is 14.5. The molecule has 0 saturated carbocycles. The molecule has 0 saturated heterocycles. The fourth-order valence-electron chi connectivity index (χ4n) is 2.64. The summed E-state index contributed by atoms with van der Waals surface area (Å²) in [5, 5.41) is 16.2. The molecule has 0 amide bonds. The molecule has 0 fully saturated rings. The number of aromatic nitrogens is 4. The van der Waals surface area contributed by atoms with E-state index >= 15 is 0 Å². The zero-order chi connectivity index (χ0) is 18.8. The Morgan fingerprint density at radius 2 is 1.15 bits per heavy atom. The summed E-state index contributed by atoms with van der Waals surface area (Å²) in [6, 6.07) is 18.5. The van der Waals surface area contributed by atoms with Gasteiger partial charge in [0, 0.05) is 10.6 Å². The molecule has 0 aliphatic heterocycles. The minimum absolute atomic E-state index is 0.204. The maximum atomic E-state index is 13.8. The third kappa shape index (κ3) is 3.52. The summed E-state index contributed by atoms with van der Waals surface area (Å²) in [7, 11) is 0. The second kappa shape index (κ2) is 7.17. The van der Waals surface area contributed by atoms with E-state index in [1.807, 2.05) is 48.5 Å². The van der Waals surface area contributed by atoms with Crippen LogP contribution in [0.5, 0.6) is 0 Å². The Hall–Kier alpha value is -3.25. The topological polar surface area (TPSA) is 51.6 Å². The van der Waals surface area contributed by atoms with Crippen LogP contribution >= 0.6 is 11.6 Å². The summed E-state index contributed by atoms with van der Waals surface area (Å²) in [5.41, 5.74) is 2.30. The minimum Gasteiger partial charge on any atom is -0.206 e. The van der Waals surface area contributed by atoms with E-state index in [-0.39, 0.29) is 17.2 Å². The molecule has 4 aromatic rings.